The third kappa shape index (κ3) is 6.21. The van der Waals surface area contributed by atoms with Gasteiger partial charge in [0.2, 0.25) is 5.91 Å². The summed E-state index contributed by atoms with van der Waals surface area (Å²) in [5.74, 6) is -3.00. The number of aliphatic hydroxyl groups is 1. The predicted octanol–water partition coefficient (Wildman–Crippen LogP) is 1.92. The van der Waals surface area contributed by atoms with Crippen LogP contribution in [0.4, 0.5) is 8.78 Å². The number of amides is 1. The van der Waals surface area contributed by atoms with Crippen LogP contribution in [0.2, 0.25) is 0 Å². The van der Waals surface area contributed by atoms with Gasteiger partial charge in [-0.2, -0.15) is 0 Å². The first-order chi connectivity index (χ1) is 9.46. The highest BCUT2D eigenvalue weighted by molar-refractivity contribution is 8.00. The molecule has 1 rings (SSSR count). The van der Waals surface area contributed by atoms with Crippen LogP contribution in [0.15, 0.2) is 29.2 Å². The van der Waals surface area contributed by atoms with Gasteiger partial charge in [-0.15, -0.1) is 11.8 Å². The summed E-state index contributed by atoms with van der Waals surface area (Å²) >= 11 is 1.24. The van der Waals surface area contributed by atoms with Crippen LogP contribution in [0.5, 0.6) is 5.75 Å². The summed E-state index contributed by atoms with van der Waals surface area (Å²) in [6.45, 7) is 0.328. The van der Waals surface area contributed by atoms with Crippen molar-refractivity contribution in [1.82, 2.24) is 5.32 Å². The number of hydrogen-bond acceptors (Lipinski definition) is 4. The summed E-state index contributed by atoms with van der Waals surface area (Å²) in [5.41, 5.74) is 0. The van der Waals surface area contributed by atoms with Crippen molar-refractivity contribution in [3.05, 3.63) is 24.3 Å². The van der Waals surface area contributed by atoms with E-state index < -0.39 is 25.0 Å². The van der Waals surface area contributed by atoms with Gasteiger partial charge in [0.25, 0.3) is 5.92 Å². The molecule has 0 heterocycles. The number of halogens is 2. The molecule has 0 saturated heterocycles. The summed E-state index contributed by atoms with van der Waals surface area (Å²) in [7, 11) is 0. The van der Waals surface area contributed by atoms with Crippen LogP contribution in [0, 0.1) is 0 Å². The van der Waals surface area contributed by atoms with Gasteiger partial charge >= 0.3 is 0 Å². The first-order valence-electron chi connectivity index (χ1n) is 6.08. The minimum atomic E-state index is -3.28. The molecule has 7 heteroatoms. The Bertz CT molecular complexity index is 426. The van der Waals surface area contributed by atoms with Crippen LogP contribution in [0.3, 0.4) is 0 Å². The maximum absolute atomic E-state index is 12.7. The molecule has 0 aliphatic carbocycles. The average molecular weight is 305 g/mol. The number of carbonyl (C=O) groups is 1. The molecule has 0 aliphatic heterocycles. The van der Waals surface area contributed by atoms with E-state index >= 15 is 0 Å². The number of benzene rings is 1. The Morgan fingerprint density at radius 1 is 1.40 bits per heavy atom. The third-order valence-electron chi connectivity index (χ3n) is 2.28. The van der Waals surface area contributed by atoms with Gasteiger partial charge in [-0.05, 0) is 31.2 Å². The third-order valence-corrected chi connectivity index (χ3v) is 3.29. The van der Waals surface area contributed by atoms with E-state index in [1.54, 1.807) is 24.3 Å². The summed E-state index contributed by atoms with van der Waals surface area (Å²) in [6, 6.07) is 7.16. The van der Waals surface area contributed by atoms with E-state index in [1.807, 2.05) is 6.92 Å². The molecule has 0 bridgehead atoms. The molecule has 0 unspecified atom stereocenters. The fraction of sp³-hybridized carbons (Fsp3) is 0.462. The molecular weight excluding hydrogens is 288 g/mol. The van der Waals surface area contributed by atoms with Gasteiger partial charge in [0.05, 0.1) is 18.9 Å². The average Bonchev–Trinajstić information content (AvgIpc) is 2.45. The molecular formula is C13H17F2NO3S. The normalized spacial score (nSPS) is 11.2. The summed E-state index contributed by atoms with van der Waals surface area (Å²) in [6.07, 6.45) is 0. The zero-order valence-electron chi connectivity index (χ0n) is 11.1. The number of ether oxygens (including phenoxy) is 1. The lowest BCUT2D eigenvalue weighted by Crippen LogP contribution is -2.39. The Balaban J connectivity index is 2.33. The lowest BCUT2D eigenvalue weighted by molar-refractivity contribution is -0.121. The van der Waals surface area contributed by atoms with E-state index in [1.165, 1.54) is 11.8 Å². The fourth-order valence-corrected chi connectivity index (χ4v) is 2.01. The number of hydrogen-bond donors (Lipinski definition) is 2. The van der Waals surface area contributed by atoms with Crippen molar-refractivity contribution in [3.63, 3.8) is 0 Å². The monoisotopic (exact) mass is 305 g/mol. The number of carbonyl (C=O) groups excluding carboxylic acids is 1. The Labute approximate surface area is 120 Å². The van der Waals surface area contributed by atoms with Gasteiger partial charge in [-0.1, -0.05) is 0 Å². The highest BCUT2D eigenvalue weighted by atomic mass is 32.2. The van der Waals surface area contributed by atoms with E-state index in [0.717, 1.165) is 10.6 Å². The summed E-state index contributed by atoms with van der Waals surface area (Å²) in [4.78, 5) is 12.2. The number of rotatable bonds is 8. The highest BCUT2D eigenvalue weighted by Crippen LogP contribution is 2.21. The molecule has 1 aromatic carbocycles. The minimum Gasteiger partial charge on any atom is -0.494 e. The van der Waals surface area contributed by atoms with E-state index in [9.17, 15) is 13.6 Å². The Hall–Kier alpha value is -1.34. The first-order valence-corrected chi connectivity index (χ1v) is 7.06. The molecule has 0 fully saturated rings. The summed E-state index contributed by atoms with van der Waals surface area (Å²) in [5, 5.41) is 10.4. The molecule has 2 N–H and O–H groups in total. The van der Waals surface area contributed by atoms with E-state index in [-0.39, 0.29) is 5.75 Å². The largest absolute Gasteiger partial charge is 0.494 e. The highest BCUT2D eigenvalue weighted by Gasteiger charge is 2.27. The van der Waals surface area contributed by atoms with Crippen LogP contribution < -0.4 is 10.1 Å². The Morgan fingerprint density at radius 3 is 2.60 bits per heavy atom. The van der Waals surface area contributed by atoms with E-state index in [0.29, 0.717) is 6.61 Å². The maximum Gasteiger partial charge on any atom is 0.287 e. The van der Waals surface area contributed by atoms with Gasteiger partial charge in [0.15, 0.2) is 0 Å². The molecule has 0 saturated carbocycles. The molecule has 0 aromatic heterocycles. The topological polar surface area (TPSA) is 58.6 Å². The molecule has 0 spiro atoms. The Morgan fingerprint density at radius 2 is 2.05 bits per heavy atom. The molecule has 20 heavy (non-hydrogen) atoms. The van der Waals surface area contributed by atoms with Crippen LogP contribution >= 0.6 is 11.8 Å². The van der Waals surface area contributed by atoms with Gasteiger partial charge in [-0.25, -0.2) is 8.78 Å². The zero-order valence-corrected chi connectivity index (χ0v) is 11.9. The van der Waals surface area contributed by atoms with Gasteiger partial charge in [-0.3, -0.25) is 4.79 Å². The van der Waals surface area contributed by atoms with Crippen LogP contribution in [0.1, 0.15) is 6.92 Å². The molecule has 4 nitrogen and oxygen atoms in total. The van der Waals surface area contributed by atoms with Crippen LogP contribution in [0.25, 0.3) is 0 Å². The van der Waals surface area contributed by atoms with Crippen molar-refractivity contribution in [2.75, 3.05) is 25.5 Å². The summed E-state index contributed by atoms with van der Waals surface area (Å²) < 4.78 is 30.7. The van der Waals surface area contributed by atoms with Crippen LogP contribution in [-0.4, -0.2) is 42.4 Å². The number of thioether (sulfide) groups is 1. The van der Waals surface area contributed by atoms with Crippen molar-refractivity contribution in [2.45, 2.75) is 17.7 Å². The maximum atomic E-state index is 12.7. The number of alkyl halides is 2. The Kier molecular flexibility index (Phi) is 6.74. The molecule has 0 atom stereocenters. The molecule has 0 radical (unpaired) electrons. The molecule has 112 valence electrons. The fourth-order valence-electron chi connectivity index (χ4n) is 1.28. The molecule has 1 aromatic rings. The van der Waals surface area contributed by atoms with Crippen molar-refractivity contribution in [1.29, 1.82) is 0 Å². The quantitative estimate of drug-likeness (QED) is 0.721. The smallest absolute Gasteiger partial charge is 0.287 e. The lowest BCUT2D eigenvalue weighted by atomic mass is 10.3. The second-order valence-electron chi connectivity index (χ2n) is 3.98. The number of aliphatic hydroxyl groups excluding tert-OH is 1. The molecule has 1 amide bonds. The van der Waals surface area contributed by atoms with E-state index in [2.05, 4.69) is 5.32 Å². The lowest BCUT2D eigenvalue weighted by Gasteiger charge is -2.13. The number of nitrogens with one attached hydrogen (secondary N) is 1. The second-order valence-corrected chi connectivity index (χ2v) is 5.03. The first kappa shape index (κ1) is 16.7. The van der Waals surface area contributed by atoms with Crippen LogP contribution in [-0.2, 0) is 4.79 Å². The van der Waals surface area contributed by atoms with E-state index in [4.69, 9.17) is 9.84 Å². The van der Waals surface area contributed by atoms with Crippen molar-refractivity contribution in [2.24, 2.45) is 0 Å². The van der Waals surface area contributed by atoms with Gasteiger partial charge < -0.3 is 15.2 Å². The standard InChI is InChI=1S/C13H17F2NO3S/c1-2-19-10-3-5-11(6-4-10)20-7-12(18)16-8-13(14,15)9-17/h3-6,17H,2,7-9H2,1H3,(H,16,18). The SMILES string of the molecule is CCOc1ccc(SCC(=O)NCC(F)(F)CO)cc1. The zero-order chi connectivity index (χ0) is 15.0. The predicted molar refractivity (Wildman–Crippen MR) is 73.4 cm³/mol. The van der Waals surface area contributed by atoms with Crippen molar-refractivity contribution < 1.29 is 23.4 Å². The van der Waals surface area contributed by atoms with Crippen molar-refractivity contribution >= 4 is 17.7 Å². The van der Waals surface area contributed by atoms with Gasteiger partial charge in [0.1, 0.15) is 12.4 Å². The van der Waals surface area contributed by atoms with Gasteiger partial charge in [0, 0.05) is 4.90 Å². The molecule has 0 aliphatic rings. The van der Waals surface area contributed by atoms with Crippen molar-refractivity contribution in [3.8, 4) is 5.75 Å². The second kappa shape index (κ2) is 8.06. The minimum absolute atomic E-state index is 0.0372.